The summed E-state index contributed by atoms with van der Waals surface area (Å²) in [5.41, 5.74) is 6.68. The number of hydrogen-bond donors (Lipinski definition) is 4. The molecule has 0 saturated heterocycles. The first-order valence-electron chi connectivity index (χ1n) is 13.4. The molecule has 6 atom stereocenters. The largest absolute Gasteiger partial charge is 0.439 e. The van der Waals surface area contributed by atoms with Gasteiger partial charge in [-0.1, -0.05) is 26.0 Å². The number of rotatable bonds is 4. The van der Waals surface area contributed by atoms with E-state index in [0.29, 0.717) is 30.4 Å². The normalized spacial score (nSPS) is 32.3. The summed E-state index contributed by atoms with van der Waals surface area (Å²) in [5, 5.41) is 16.6. The third-order valence-corrected chi connectivity index (χ3v) is 7.37. The highest BCUT2D eigenvalue weighted by Gasteiger charge is 2.33. The summed E-state index contributed by atoms with van der Waals surface area (Å²) < 4.78 is 16.7. The summed E-state index contributed by atoms with van der Waals surface area (Å²) >= 11 is 0. The lowest BCUT2D eigenvalue weighted by Gasteiger charge is -2.30. The number of aliphatic hydroxyl groups is 1. The van der Waals surface area contributed by atoms with Crippen molar-refractivity contribution in [2.45, 2.75) is 77.8 Å². The summed E-state index contributed by atoms with van der Waals surface area (Å²) in [5.74, 6) is -1.94. The second kappa shape index (κ2) is 14.9. The van der Waals surface area contributed by atoms with E-state index in [1.165, 1.54) is 14.2 Å². The molecule has 1 aliphatic carbocycles. The van der Waals surface area contributed by atoms with Gasteiger partial charge in [-0.15, -0.1) is 0 Å². The molecule has 0 radical (unpaired) electrons. The number of amides is 2. The molecule has 0 saturated carbocycles. The number of aliphatic hydroxyl groups excluding tert-OH is 1. The van der Waals surface area contributed by atoms with Crippen molar-refractivity contribution in [3.05, 3.63) is 46.3 Å². The van der Waals surface area contributed by atoms with Crippen molar-refractivity contribution in [1.29, 1.82) is 0 Å². The maximum Gasteiger partial charge on any atom is 0.405 e. The summed E-state index contributed by atoms with van der Waals surface area (Å²) in [4.78, 5) is 50.8. The van der Waals surface area contributed by atoms with E-state index in [1.54, 1.807) is 33.0 Å². The Bertz CT molecular complexity index is 1110. The fourth-order valence-corrected chi connectivity index (χ4v) is 5.16. The number of fused-ring (bicyclic) bond motifs is 2. The fraction of sp³-hybridized carbons (Fsp3) is 0.586. The van der Waals surface area contributed by atoms with E-state index in [1.807, 2.05) is 13.8 Å². The lowest BCUT2D eigenvalue weighted by Crippen LogP contribution is -2.38. The first-order valence-corrected chi connectivity index (χ1v) is 13.4. The van der Waals surface area contributed by atoms with E-state index in [0.717, 1.165) is 6.08 Å². The molecule has 2 rings (SSSR count). The number of carbonyl (C=O) groups is 4. The van der Waals surface area contributed by atoms with Gasteiger partial charge in [-0.3, -0.25) is 14.4 Å². The second-order valence-corrected chi connectivity index (χ2v) is 10.5. The molecule has 0 aromatic heterocycles. The minimum absolute atomic E-state index is 0.0941. The Kier molecular flexibility index (Phi) is 12.3. The number of methoxy groups -OCH3 is 2. The first-order chi connectivity index (χ1) is 18.8. The Morgan fingerprint density at radius 1 is 1.12 bits per heavy atom. The van der Waals surface area contributed by atoms with Gasteiger partial charge in [0.2, 0.25) is 11.6 Å². The van der Waals surface area contributed by atoms with Crippen molar-refractivity contribution >= 4 is 23.6 Å². The van der Waals surface area contributed by atoms with Gasteiger partial charge in [-0.2, -0.15) is 0 Å². The van der Waals surface area contributed by atoms with Gasteiger partial charge >= 0.3 is 6.09 Å². The van der Waals surface area contributed by atoms with Gasteiger partial charge < -0.3 is 35.7 Å². The number of allylic oxidation sites excluding steroid dienone is 3. The third-order valence-electron chi connectivity index (χ3n) is 7.37. The third kappa shape index (κ3) is 8.36. The molecule has 0 unspecified atom stereocenters. The van der Waals surface area contributed by atoms with Crippen LogP contribution in [-0.4, -0.2) is 74.4 Å². The van der Waals surface area contributed by atoms with Gasteiger partial charge in [0.15, 0.2) is 6.10 Å². The highest BCUT2D eigenvalue weighted by molar-refractivity contribution is 6.23. The van der Waals surface area contributed by atoms with Gasteiger partial charge in [-0.05, 0) is 51.0 Å². The molecule has 1 aliphatic heterocycles. The molecule has 2 amide bonds. The van der Waals surface area contributed by atoms with Crippen LogP contribution in [0.3, 0.4) is 0 Å². The van der Waals surface area contributed by atoms with Gasteiger partial charge in [0.25, 0.3) is 5.91 Å². The molecule has 222 valence electrons. The van der Waals surface area contributed by atoms with Crippen LogP contribution >= 0.6 is 0 Å². The number of likely N-dealkylation sites (N-methyl/N-ethyl adjacent to an activating group) is 1. The fourth-order valence-electron chi connectivity index (χ4n) is 5.16. The number of carbonyl (C=O) groups excluding carboxylic acids is 4. The smallest absolute Gasteiger partial charge is 0.405 e. The molecular weight excluding hydrogens is 518 g/mol. The van der Waals surface area contributed by atoms with E-state index in [-0.39, 0.29) is 29.3 Å². The van der Waals surface area contributed by atoms with Crippen LogP contribution in [0.25, 0.3) is 0 Å². The van der Waals surface area contributed by atoms with Crippen molar-refractivity contribution in [1.82, 2.24) is 10.6 Å². The van der Waals surface area contributed by atoms with Gasteiger partial charge in [0, 0.05) is 44.4 Å². The highest BCUT2D eigenvalue weighted by Crippen LogP contribution is 2.29. The Hall–Kier alpha value is -3.28. The molecule has 0 aromatic rings. The summed E-state index contributed by atoms with van der Waals surface area (Å²) in [6.45, 7) is 7.09. The summed E-state index contributed by atoms with van der Waals surface area (Å²) in [6, 6.07) is 0. The van der Waals surface area contributed by atoms with Crippen LogP contribution in [0.5, 0.6) is 0 Å². The van der Waals surface area contributed by atoms with E-state index in [9.17, 15) is 24.3 Å². The molecule has 11 nitrogen and oxygen atoms in total. The molecule has 0 aromatic carbocycles. The van der Waals surface area contributed by atoms with Crippen molar-refractivity contribution in [3.8, 4) is 0 Å². The maximum absolute atomic E-state index is 13.4. The lowest BCUT2D eigenvalue weighted by molar-refractivity contribution is -0.120. The van der Waals surface area contributed by atoms with Gasteiger partial charge in [-0.25, -0.2) is 4.79 Å². The van der Waals surface area contributed by atoms with E-state index in [2.05, 4.69) is 10.6 Å². The Balaban J connectivity index is 2.54. The molecule has 2 bridgehead atoms. The zero-order valence-electron chi connectivity index (χ0n) is 24.4. The Morgan fingerprint density at radius 2 is 1.77 bits per heavy atom. The predicted octanol–water partition coefficient (Wildman–Crippen LogP) is 2.21. The molecule has 11 heteroatoms. The average molecular weight is 562 g/mol. The van der Waals surface area contributed by atoms with Crippen LogP contribution in [0.1, 0.15) is 53.4 Å². The van der Waals surface area contributed by atoms with E-state index in [4.69, 9.17) is 19.9 Å². The lowest BCUT2D eigenvalue weighted by atomic mass is 9.85. The number of ether oxygens (including phenoxy) is 3. The summed E-state index contributed by atoms with van der Waals surface area (Å²) in [7, 11) is 4.55. The predicted molar refractivity (Wildman–Crippen MR) is 149 cm³/mol. The Labute approximate surface area is 235 Å². The monoisotopic (exact) mass is 561 g/mol. The molecule has 0 fully saturated rings. The molecular formula is C29H43N3O8. The van der Waals surface area contributed by atoms with Crippen LogP contribution in [0.4, 0.5) is 4.79 Å². The van der Waals surface area contributed by atoms with Gasteiger partial charge in [0.1, 0.15) is 0 Å². The average Bonchev–Trinajstić information content (AvgIpc) is 2.90. The van der Waals surface area contributed by atoms with Crippen molar-refractivity contribution < 1.29 is 38.5 Å². The van der Waals surface area contributed by atoms with Crippen LogP contribution in [0.2, 0.25) is 0 Å². The number of nitrogens with two attached hydrogens (primary N) is 1. The van der Waals surface area contributed by atoms with Crippen molar-refractivity contribution in [2.75, 3.05) is 21.3 Å². The van der Waals surface area contributed by atoms with Crippen LogP contribution in [-0.2, 0) is 28.6 Å². The minimum Gasteiger partial charge on any atom is -0.439 e. The molecule has 1 heterocycles. The number of hydrogen-bond acceptors (Lipinski definition) is 9. The highest BCUT2D eigenvalue weighted by atomic mass is 16.6. The number of Topliss-reactive ketones (excluding diaryl/α,β-unsaturated/α-hetero) is 1. The molecule has 5 N–H and O–H groups in total. The standard InChI is InChI=1S/C29H43N3O8/c1-15-11-19-24(31-5)21(33)14-20(26(19)35)32-28(36)16(2)9-8-10-22(38-6)27(40-29(30)37)18(4)13-17(3)25(34)23(12-15)39-7/h9,13-15,17,22-23,25,27,31,34H,8,10-12H2,1-7H3,(H2,30,37)(H,32,36)/b16-9+,18-13+/t15-,17+,22+,23+,25-,27+/m1/s1. The SMILES string of the molecule is CNC1=C2C[C@@H](C)C[C@H](OC)[C@H](O)[C@@H](C)/C=C(\C)[C@H](OC(N)=O)[C@@H](OC)CC/C=C(\C)C(=O)NC(=CC1=O)C2=O. The van der Waals surface area contributed by atoms with E-state index >= 15 is 0 Å². The topological polar surface area (TPSA) is 166 Å². The second-order valence-electron chi connectivity index (χ2n) is 10.5. The van der Waals surface area contributed by atoms with Gasteiger partial charge in [0.05, 0.1) is 29.7 Å². The summed E-state index contributed by atoms with van der Waals surface area (Å²) in [6.07, 6.45) is 2.06. The van der Waals surface area contributed by atoms with Crippen molar-refractivity contribution in [3.63, 3.8) is 0 Å². The van der Waals surface area contributed by atoms with Crippen LogP contribution in [0, 0.1) is 11.8 Å². The quantitative estimate of drug-likeness (QED) is 0.297. The first kappa shape index (κ1) is 32.9. The Morgan fingerprint density at radius 3 is 2.35 bits per heavy atom. The number of nitrogens with one attached hydrogen (secondary N) is 2. The zero-order chi connectivity index (χ0) is 30.1. The number of ketones is 2. The van der Waals surface area contributed by atoms with Crippen LogP contribution in [0.15, 0.2) is 46.3 Å². The minimum atomic E-state index is -0.963. The number of primary amides is 1. The maximum atomic E-state index is 13.4. The molecule has 40 heavy (non-hydrogen) atoms. The van der Waals surface area contributed by atoms with E-state index < -0.39 is 53.9 Å². The van der Waals surface area contributed by atoms with Crippen molar-refractivity contribution in [2.24, 2.45) is 17.6 Å². The molecule has 2 aliphatic rings. The molecule has 0 spiro atoms. The zero-order valence-corrected chi connectivity index (χ0v) is 24.4. The van der Waals surface area contributed by atoms with Crippen LogP contribution < -0.4 is 16.4 Å².